The molecule has 2 N–H and O–H groups in total. The lowest BCUT2D eigenvalue weighted by Crippen LogP contribution is -2.16. The van der Waals surface area contributed by atoms with E-state index in [1.807, 2.05) is 12.3 Å². The summed E-state index contributed by atoms with van der Waals surface area (Å²) < 4.78 is 0. The molecule has 0 saturated heterocycles. The molecule has 0 radical (unpaired) electrons. The molecule has 0 aliphatic rings. The molecule has 0 fully saturated rings. The Balaban J connectivity index is 2.01. The fourth-order valence-corrected chi connectivity index (χ4v) is 3.64. The molecule has 9 heteroatoms. The van der Waals surface area contributed by atoms with E-state index in [0.717, 1.165) is 21.3 Å². The molecule has 7 nitrogen and oxygen atoms in total. The van der Waals surface area contributed by atoms with Gasteiger partial charge in [0, 0.05) is 11.8 Å². The molecule has 0 bridgehead atoms. The summed E-state index contributed by atoms with van der Waals surface area (Å²) in [5.41, 5.74) is 1.50. The number of carbonyl (C=O) groups excluding carboxylic acids is 1. The predicted octanol–water partition coefficient (Wildman–Crippen LogP) is 3.08. The third-order valence-electron chi connectivity index (χ3n) is 3.28. The van der Waals surface area contributed by atoms with Gasteiger partial charge in [0.1, 0.15) is 5.01 Å². The highest BCUT2D eigenvalue weighted by Gasteiger charge is 2.16. The first-order chi connectivity index (χ1) is 11.4. The largest absolute Gasteiger partial charge is 0.481 e. The van der Waals surface area contributed by atoms with Crippen molar-refractivity contribution in [3.63, 3.8) is 0 Å². The summed E-state index contributed by atoms with van der Waals surface area (Å²) in [5.74, 6) is -1.73. The van der Waals surface area contributed by atoms with Crippen molar-refractivity contribution in [2.45, 2.75) is 33.1 Å². The first kappa shape index (κ1) is 18.0. The summed E-state index contributed by atoms with van der Waals surface area (Å²) in [5, 5.41) is 23.3. The van der Waals surface area contributed by atoms with Crippen LogP contribution in [0, 0.1) is 24.2 Å². The third-order valence-corrected chi connectivity index (χ3v) is 5.23. The molecule has 2 rings (SSSR count). The molecule has 0 aliphatic carbocycles. The maximum atomic E-state index is 11.9. The van der Waals surface area contributed by atoms with Crippen molar-refractivity contribution in [2.24, 2.45) is 5.92 Å². The van der Waals surface area contributed by atoms with Crippen LogP contribution in [0.1, 0.15) is 30.5 Å². The number of aryl methyl sites for hydroxylation is 1. The summed E-state index contributed by atoms with van der Waals surface area (Å²) >= 11 is 2.73. The van der Waals surface area contributed by atoms with Crippen molar-refractivity contribution in [1.29, 1.82) is 5.26 Å². The second-order valence-electron chi connectivity index (χ2n) is 5.22. The molecule has 2 aromatic heterocycles. The van der Waals surface area contributed by atoms with E-state index in [4.69, 9.17) is 10.4 Å². The Morgan fingerprint density at radius 3 is 2.88 bits per heavy atom. The average molecular weight is 364 g/mol. The number of anilines is 1. The maximum absolute atomic E-state index is 11.9. The summed E-state index contributed by atoms with van der Waals surface area (Å²) in [6.07, 6.45) is 0.681. The van der Waals surface area contributed by atoms with Gasteiger partial charge in [0.25, 0.3) is 0 Å². The van der Waals surface area contributed by atoms with Gasteiger partial charge in [-0.2, -0.15) is 5.26 Å². The van der Waals surface area contributed by atoms with Gasteiger partial charge in [0.2, 0.25) is 5.91 Å². The van der Waals surface area contributed by atoms with Gasteiger partial charge in [-0.25, -0.2) is 9.97 Å². The van der Waals surface area contributed by atoms with E-state index in [0.29, 0.717) is 5.13 Å². The van der Waals surface area contributed by atoms with Gasteiger partial charge in [-0.05, 0) is 13.3 Å². The molecule has 0 spiro atoms. The molecule has 1 atom stereocenters. The van der Waals surface area contributed by atoms with Crippen LogP contribution in [0.25, 0.3) is 10.6 Å². The number of aliphatic carboxylic acids is 1. The molecule has 126 valence electrons. The van der Waals surface area contributed by atoms with E-state index in [2.05, 4.69) is 21.4 Å². The first-order valence-electron chi connectivity index (χ1n) is 7.22. The molecular weight excluding hydrogens is 348 g/mol. The lowest BCUT2D eigenvalue weighted by molar-refractivity contribution is -0.141. The number of hydrogen-bond donors (Lipinski definition) is 2. The predicted molar refractivity (Wildman–Crippen MR) is 91.9 cm³/mol. The standard InChI is InChI=1S/C15H16N4O3S2/c1-8(14(21)22)3-4-11(20)19-15-17-9(2)13(24-15)10-7-23-12(18-10)5-6-16/h7-8H,3-5H2,1-2H3,(H,21,22)(H,17,19,20). The zero-order valence-electron chi connectivity index (χ0n) is 13.2. The number of hydrogen-bond acceptors (Lipinski definition) is 7. The highest BCUT2D eigenvalue weighted by Crippen LogP contribution is 2.33. The maximum Gasteiger partial charge on any atom is 0.306 e. The Morgan fingerprint density at radius 2 is 2.21 bits per heavy atom. The van der Waals surface area contributed by atoms with Crippen LogP contribution >= 0.6 is 22.7 Å². The molecular formula is C15H16N4O3S2. The number of nitrogens with one attached hydrogen (secondary N) is 1. The number of carbonyl (C=O) groups is 2. The molecule has 0 aromatic carbocycles. The van der Waals surface area contributed by atoms with E-state index in [-0.39, 0.29) is 25.2 Å². The van der Waals surface area contributed by atoms with Crippen molar-refractivity contribution in [3.05, 3.63) is 16.1 Å². The molecule has 0 aliphatic heterocycles. The fraction of sp³-hybridized carbons (Fsp3) is 0.400. The van der Waals surface area contributed by atoms with Crippen molar-refractivity contribution in [2.75, 3.05) is 5.32 Å². The third kappa shape index (κ3) is 4.59. The molecule has 2 aromatic rings. The Hall–Kier alpha value is -2.31. The Labute approximate surface area is 147 Å². The van der Waals surface area contributed by atoms with E-state index in [1.165, 1.54) is 22.7 Å². The Bertz CT molecular complexity index is 791. The smallest absolute Gasteiger partial charge is 0.306 e. The van der Waals surface area contributed by atoms with Crippen molar-refractivity contribution in [3.8, 4) is 16.6 Å². The van der Waals surface area contributed by atoms with Gasteiger partial charge >= 0.3 is 5.97 Å². The molecule has 1 unspecified atom stereocenters. The van der Waals surface area contributed by atoms with Gasteiger partial charge < -0.3 is 10.4 Å². The van der Waals surface area contributed by atoms with Crippen LogP contribution in [0.15, 0.2) is 5.38 Å². The van der Waals surface area contributed by atoms with Crippen LogP contribution in [0.2, 0.25) is 0 Å². The van der Waals surface area contributed by atoms with E-state index in [9.17, 15) is 9.59 Å². The summed E-state index contributed by atoms with van der Waals surface area (Å²) in [4.78, 5) is 32.2. The van der Waals surface area contributed by atoms with Gasteiger partial charge in [-0.1, -0.05) is 18.3 Å². The first-order valence-corrected chi connectivity index (χ1v) is 8.92. The lowest BCUT2D eigenvalue weighted by atomic mass is 10.1. The molecule has 2 heterocycles. The van der Waals surface area contributed by atoms with Crippen molar-refractivity contribution in [1.82, 2.24) is 9.97 Å². The number of thiazole rings is 2. The van der Waals surface area contributed by atoms with Crippen LogP contribution in [-0.2, 0) is 16.0 Å². The van der Waals surface area contributed by atoms with Gasteiger partial charge in [-0.15, -0.1) is 11.3 Å². The SMILES string of the molecule is Cc1nc(NC(=O)CCC(C)C(=O)O)sc1-c1csc(CC#N)n1. The van der Waals surface area contributed by atoms with Gasteiger partial charge in [0.15, 0.2) is 5.13 Å². The monoisotopic (exact) mass is 364 g/mol. The molecule has 1 amide bonds. The minimum Gasteiger partial charge on any atom is -0.481 e. The number of nitriles is 1. The zero-order valence-corrected chi connectivity index (χ0v) is 14.8. The molecule has 0 saturated carbocycles. The number of carboxylic acid groups (broad SMARTS) is 1. The van der Waals surface area contributed by atoms with Crippen molar-refractivity contribution < 1.29 is 14.7 Å². The number of amides is 1. The van der Waals surface area contributed by atoms with Crippen LogP contribution in [0.3, 0.4) is 0 Å². The highest BCUT2D eigenvalue weighted by molar-refractivity contribution is 7.19. The number of carboxylic acids is 1. The summed E-state index contributed by atoms with van der Waals surface area (Å²) in [7, 11) is 0. The van der Waals surface area contributed by atoms with Crippen LogP contribution in [0.5, 0.6) is 0 Å². The Kier molecular flexibility index (Phi) is 6.00. The lowest BCUT2D eigenvalue weighted by Gasteiger charge is -2.05. The number of rotatable bonds is 7. The molecule has 24 heavy (non-hydrogen) atoms. The van der Waals surface area contributed by atoms with Crippen LogP contribution in [-0.4, -0.2) is 27.0 Å². The van der Waals surface area contributed by atoms with Crippen molar-refractivity contribution >= 4 is 39.7 Å². The van der Waals surface area contributed by atoms with E-state index >= 15 is 0 Å². The quantitative estimate of drug-likeness (QED) is 0.780. The summed E-state index contributed by atoms with van der Waals surface area (Å²) in [6, 6.07) is 2.06. The van der Waals surface area contributed by atoms with Gasteiger partial charge in [-0.3, -0.25) is 9.59 Å². The number of nitrogens with zero attached hydrogens (tertiary/aromatic N) is 3. The zero-order chi connectivity index (χ0) is 17.7. The highest BCUT2D eigenvalue weighted by atomic mass is 32.1. The second-order valence-corrected chi connectivity index (χ2v) is 7.16. The summed E-state index contributed by atoms with van der Waals surface area (Å²) in [6.45, 7) is 3.40. The fourth-order valence-electron chi connectivity index (χ4n) is 1.90. The van der Waals surface area contributed by atoms with Gasteiger partial charge in [0.05, 0.1) is 34.7 Å². The normalized spacial score (nSPS) is 11.7. The minimum absolute atomic E-state index is 0.129. The topological polar surface area (TPSA) is 116 Å². The number of aromatic nitrogens is 2. The minimum atomic E-state index is -0.910. The van der Waals surface area contributed by atoms with E-state index < -0.39 is 11.9 Å². The second kappa shape index (κ2) is 7.99. The van der Waals surface area contributed by atoms with Crippen LogP contribution < -0.4 is 5.32 Å². The van der Waals surface area contributed by atoms with E-state index in [1.54, 1.807) is 6.92 Å². The Morgan fingerprint density at radius 1 is 1.46 bits per heavy atom. The van der Waals surface area contributed by atoms with Crippen LogP contribution in [0.4, 0.5) is 5.13 Å². The average Bonchev–Trinajstić information content (AvgIpc) is 3.11.